The van der Waals surface area contributed by atoms with E-state index in [-0.39, 0.29) is 6.03 Å². The lowest BCUT2D eigenvalue weighted by Crippen LogP contribution is -2.36. The van der Waals surface area contributed by atoms with Crippen LogP contribution >= 0.6 is 0 Å². The van der Waals surface area contributed by atoms with E-state index in [0.29, 0.717) is 5.69 Å². The lowest BCUT2D eigenvalue weighted by molar-refractivity contribution is 0.122. The molecular weight excluding hydrogens is 258 g/mol. The van der Waals surface area contributed by atoms with Crippen molar-refractivity contribution in [2.45, 2.75) is 0 Å². The quantitative estimate of drug-likeness (QED) is 0.890. The van der Waals surface area contributed by atoms with Gasteiger partial charge in [0.25, 0.3) is 0 Å². The van der Waals surface area contributed by atoms with Crippen LogP contribution in [-0.2, 0) is 4.74 Å². The lowest BCUT2D eigenvalue weighted by Gasteiger charge is -2.27. The Labute approximate surface area is 116 Å². The number of carbonyl (C=O) groups is 1. The van der Waals surface area contributed by atoms with Gasteiger partial charge in [0, 0.05) is 25.5 Å². The van der Waals surface area contributed by atoms with Gasteiger partial charge in [0.2, 0.25) is 0 Å². The van der Waals surface area contributed by atoms with Gasteiger partial charge >= 0.3 is 6.03 Å². The van der Waals surface area contributed by atoms with Gasteiger partial charge in [0.1, 0.15) is 12.1 Å². The maximum Gasteiger partial charge on any atom is 0.331 e. The van der Waals surface area contributed by atoms with Crippen molar-refractivity contribution >= 4 is 17.5 Å². The van der Waals surface area contributed by atoms with Gasteiger partial charge in [-0.2, -0.15) is 0 Å². The molecule has 1 saturated heterocycles. The molecule has 7 heteroatoms. The van der Waals surface area contributed by atoms with Crippen molar-refractivity contribution in [2.75, 3.05) is 36.5 Å². The molecule has 0 aliphatic carbocycles. The molecule has 1 amide bonds. The molecule has 1 aliphatic rings. The summed E-state index contributed by atoms with van der Waals surface area (Å²) in [7, 11) is 0. The number of amides is 1. The van der Waals surface area contributed by atoms with Gasteiger partial charge in [-0.1, -0.05) is 0 Å². The molecule has 0 radical (unpaired) electrons. The molecule has 20 heavy (non-hydrogen) atoms. The van der Waals surface area contributed by atoms with Crippen LogP contribution in [0.2, 0.25) is 0 Å². The van der Waals surface area contributed by atoms with E-state index in [1.165, 1.54) is 10.9 Å². The molecule has 0 saturated carbocycles. The second kappa shape index (κ2) is 5.70. The number of hydrogen-bond donors (Lipinski definition) is 1. The summed E-state index contributed by atoms with van der Waals surface area (Å²) in [5, 5.41) is 2.75. The highest BCUT2D eigenvalue weighted by Gasteiger charge is 2.12. The first-order valence-electron chi connectivity index (χ1n) is 6.41. The number of morpholine rings is 1. The molecule has 0 spiro atoms. The van der Waals surface area contributed by atoms with Crippen LogP contribution in [0.4, 0.5) is 16.3 Å². The Morgan fingerprint density at radius 3 is 2.80 bits per heavy atom. The number of ether oxygens (including phenoxy) is 1. The zero-order chi connectivity index (χ0) is 13.8. The number of carbonyl (C=O) groups excluding carboxylic acids is 1. The molecule has 2 aromatic rings. The molecule has 3 heterocycles. The predicted molar refractivity (Wildman–Crippen MR) is 73.9 cm³/mol. The average Bonchev–Trinajstić information content (AvgIpc) is 3.03. The van der Waals surface area contributed by atoms with Gasteiger partial charge in [-0.25, -0.2) is 14.8 Å². The van der Waals surface area contributed by atoms with Crippen LogP contribution in [-0.4, -0.2) is 46.9 Å². The van der Waals surface area contributed by atoms with E-state index in [0.717, 1.165) is 32.1 Å². The molecule has 3 rings (SSSR count). The van der Waals surface area contributed by atoms with E-state index in [4.69, 9.17) is 4.74 Å². The highest BCUT2D eigenvalue weighted by molar-refractivity contribution is 5.90. The molecule has 0 unspecified atom stereocenters. The summed E-state index contributed by atoms with van der Waals surface area (Å²) in [6.07, 6.45) is 6.24. The molecule has 1 aliphatic heterocycles. The Morgan fingerprint density at radius 2 is 2.15 bits per heavy atom. The number of nitrogens with one attached hydrogen (secondary N) is 1. The number of anilines is 2. The Kier molecular flexibility index (Phi) is 3.60. The third-order valence-corrected chi connectivity index (χ3v) is 3.07. The van der Waals surface area contributed by atoms with Crippen LogP contribution < -0.4 is 10.2 Å². The van der Waals surface area contributed by atoms with Gasteiger partial charge in [0.05, 0.1) is 25.1 Å². The van der Waals surface area contributed by atoms with Crippen LogP contribution in [0.5, 0.6) is 0 Å². The minimum atomic E-state index is -0.261. The van der Waals surface area contributed by atoms with Crippen LogP contribution in [0.3, 0.4) is 0 Å². The number of pyridine rings is 1. The fourth-order valence-electron chi connectivity index (χ4n) is 2.01. The van der Waals surface area contributed by atoms with Gasteiger partial charge < -0.3 is 15.0 Å². The van der Waals surface area contributed by atoms with Crippen LogP contribution in [0.1, 0.15) is 0 Å². The van der Waals surface area contributed by atoms with Crippen molar-refractivity contribution in [1.29, 1.82) is 0 Å². The second-order valence-corrected chi connectivity index (χ2v) is 4.40. The van der Waals surface area contributed by atoms with E-state index in [1.807, 2.05) is 12.1 Å². The zero-order valence-corrected chi connectivity index (χ0v) is 10.9. The smallest absolute Gasteiger partial charge is 0.331 e. The van der Waals surface area contributed by atoms with Gasteiger partial charge in [0.15, 0.2) is 0 Å². The minimum Gasteiger partial charge on any atom is -0.378 e. The number of aromatic nitrogens is 3. The average molecular weight is 273 g/mol. The van der Waals surface area contributed by atoms with Crippen molar-refractivity contribution in [1.82, 2.24) is 14.5 Å². The highest BCUT2D eigenvalue weighted by Crippen LogP contribution is 2.15. The summed E-state index contributed by atoms with van der Waals surface area (Å²) in [6.45, 7) is 3.13. The predicted octanol–water partition coefficient (Wildman–Crippen LogP) is 1.19. The molecule has 0 aromatic carbocycles. The summed E-state index contributed by atoms with van der Waals surface area (Å²) < 4.78 is 6.67. The molecular formula is C13H15N5O2. The van der Waals surface area contributed by atoms with Crippen molar-refractivity contribution in [3.63, 3.8) is 0 Å². The highest BCUT2D eigenvalue weighted by atomic mass is 16.5. The lowest BCUT2D eigenvalue weighted by atomic mass is 10.3. The van der Waals surface area contributed by atoms with Crippen molar-refractivity contribution in [2.24, 2.45) is 0 Å². The van der Waals surface area contributed by atoms with Crippen molar-refractivity contribution in [3.05, 3.63) is 37.1 Å². The second-order valence-electron chi connectivity index (χ2n) is 4.40. The van der Waals surface area contributed by atoms with E-state index in [2.05, 4.69) is 20.2 Å². The molecule has 0 bridgehead atoms. The number of hydrogen-bond acceptors (Lipinski definition) is 5. The molecule has 2 aromatic heterocycles. The van der Waals surface area contributed by atoms with Gasteiger partial charge in [-0.15, -0.1) is 0 Å². The van der Waals surface area contributed by atoms with Crippen molar-refractivity contribution in [3.8, 4) is 0 Å². The first-order chi connectivity index (χ1) is 9.83. The monoisotopic (exact) mass is 273 g/mol. The van der Waals surface area contributed by atoms with E-state index in [1.54, 1.807) is 18.6 Å². The first-order valence-corrected chi connectivity index (χ1v) is 6.41. The molecule has 1 N–H and O–H groups in total. The Morgan fingerprint density at radius 1 is 1.30 bits per heavy atom. The number of imidazole rings is 1. The topological polar surface area (TPSA) is 72.3 Å². The zero-order valence-electron chi connectivity index (χ0n) is 10.9. The van der Waals surface area contributed by atoms with E-state index in [9.17, 15) is 4.79 Å². The largest absolute Gasteiger partial charge is 0.378 e. The Balaban J connectivity index is 1.65. The van der Waals surface area contributed by atoms with Crippen LogP contribution in [0, 0.1) is 0 Å². The Bertz CT molecular complexity index is 561. The fraction of sp³-hybridized carbons (Fsp3) is 0.308. The normalized spacial score (nSPS) is 15.1. The molecule has 1 fully saturated rings. The number of nitrogens with zero attached hydrogens (tertiary/aromatic N) is 4. The first kappa shape index (κ1) is 12.6. The van der Waals surface area contributed by atoms with Crippen LogP contribution in [0.15, 0.2) is 37.1 Å². The summed E-state index contributed by atoms with van der Waals surface area (Å²) in [6, 6.07) is 3.48. The Hall–Kier alpha value is -2.41. The SMILES string of the molecule is O=C(Nc1ccc(N2CCOCC2)nc1)n1ccnc1. The summed E-state index contributed by atoms with van der Waals surface area (Å²) >= 11 is 0. The van der Waals surface area contributed by atoms with E-state index < -0.39 is 0 Å². The third-order valence-electron chi connectivity index (χ3n) is 3.07. The maximum atomic E-state index is 11.8. The third kappa shape index (κ3) is 2.77. The standard InChI is InChI=1S/C13H15N5O2/c19-13(18-4-3-14-10-18)16-11-1-2-12(15-9-11)17-5-7-20-8-6-17/h1-4,9-10H,5-8H2,(H,16,19). The minimum absolute atomic E-state index is 0.261. The molecule has 7 nitrogen and oxygen atoms in total. The van der Waals surface area contributed by atoms with E-state index >= 15 is 0 Å². The van der Waals surface area contributed by atoms with Gasteiger partial charge in [-0.05, 0) is 12.1 Å². The summed E-state index contributed by atoms with van der Waals surface area (Å²) in [4.78, 5) is 22.2. The molecule has 104 valence electrons. The fourth-order valence-corrected chi connectivity index (χ4v) is 2.01. The molecule has 0 atom stereocenters. The maximum absolute atomic E-state index is 11.8. The number of rotatable bonds is 2. The summed E-state index contributed by atoms with van der Waals surface area (Å²) in [5.41, 5.74) is 0.653. The van der Waals surface area contributed by atoms with Gasteiger partial charge in [-0.3, -0.25) is 4.57 Å². The van der Waals surface area contributed by atoms with Crippen molar-refractivity contribution < 1.29 is 9.53 Å². The summed E-state index contributed by atoms with van der Waals surface area (Å²) in [5.74, 6) is 0.897. The van der Waals surface area contributed by atoms with Crippen LogP contribution in [0.25, 0.3) is 0 Å².